The van der Waals surface area contributed by atoms with Crippen molar-refractivity contribution in [1.82, 2.24) is 0 Å². The van der Waals surface area contributed by atoms with Crippen LogP contribution in [0, 0.1) is 11.8 Å². The fourth-order valence-corrected chi connectivity index (χ4v) is 4.28. The van der Waals surface area contributed by atoms with E-state index in [9.17, 15) is 9.59 Å². The minimum Gasteiger partial charge on any atom is -0.326 e. The smallest absolute Gasteiger partial charge is 0.230 e. The second-order valence-electron chi connectivity index (χ2n) is 7.60. The average molecular weight is 463 g/mol. The van der Waals surface area contributed by atoms with Gasteiger partial charge in [-0.2, -0.15) is 0 Å². The van der Waals surface area contributed by atoms with E-state index in [0.29, 0.717) is 6.54 Å². The number of carbonyl (C=O) groups is 2. The Morgan fingerprint density at radius 3 is 2.23 bits per heavy atom. The zero-order valence-corrected chi connectivity index (χ0v) is 18.1. The minimum atomic E-state index is -0.346. The highest BCUT2D eigenvalue weighted by Crippen LogP contribution is 2.34. The Labute approximate surface area is 185 Å². The Hall–Kier alpha value is -2.92. The van der Waals surface area contributed by atoms with E-state index < -0.39 is 0 Å². The van der Waals surface area contributed by atoms with Gasteiger partial charge >= 0.3 is 0 Å². The van der Waals surface area contributed by atoms with Crippen LogP contribution < -0.4 is 10.2 Å². The molecule has 0 spiro atoms. The highest BCUT2D eigenvalue weighted by molar-refractivity contribution is 9.10. The Bertz CT molecular complexity index is 1010. The summed E-state index contributed by atoms with van der Waals surface area (Å²) >= 11 is 3.40. The van der Waals surface area contributed by atoms with Gasteiger partial charge in [0.15, 0.2) is 0 Å². The molecule has 30 heavy (non-hydrogen) atoms. The average Bonchev–Trinajstić information content (AvgIpc) is 3.06. The van der Waals surface area contributed by atoms with Crippen molar-refractivity contribution in [3.63, 3.8) is 0 Å². The molecule has 0 radical (unpaired) electrons. The molecule has 3 aromatic rings. The topological polar surface area (TPSA) is 49.4 Å². The fourth-order valence-electron chi connectivity index (χ4n) is 4.02. The maximum atomic E-state index is 13.3. The van der Waals surface area contributed by atoms with Crippen LogP contribution in [0.3, 0.4) is 0 Å². The van der Waals surface area contributed by atoms with Crippen molar-refractivity contribution in [3.05, 3.63) is 95.0 Å². The monoisotopic (exact) mass is 462 g/mol. The number of hydrogen-bond acceptors (Lipinski definition) is 2. The first-order valence-electron chi connectivity index (χ1n) is 10.1. The number of anilines is 2. The Balaban J connectivity index is 1.52. The first-order chi connectivity index (χ1) is 14.6. The molecule has 0 unspecified atom stereocenters. The van der Waals surface area contributed by atoms with Crippen molar-refractivity contribution in [1.29, 1.82) is 0 Å². The number of hydrogen-bond donors (Lipinski definition) is 1. The largest absolute Gasteiger partial charge is 0.326 e. The van der Waals surface area contributed by atoms with Gasteiger partial charge in [0.25, 0.3) is 0 Å². The molecule has 152 valence electrons. The Morgan fingerprint density at radius 1 is 0.933 bits per heavy atom. The normalized spacial score (nSPS) is 18.4. The van der Waals surface area contributed by atoms with Gasteiger partial charge in [0.1, 0.15) is 0 Å². The Morgan fingerprint density at radius 2 is 1.57 bits per heavy atom. The molecule has 2 atom stereocenters. The molecule has 0 bridgehead atoms. The third-order valence-electron chi connectivity index (χ3n) is 5.51. The summed E-state index contributed by atoms with van der Waals surface area (Å²) in [6.45, 7) is 0.619. The summed E-state index contributed by atoms with van der Waals surface area (Å²) in [6.07, 6.45) is 0.946. The molecule has 1 fully saturated rings. The molecule has 0 saturated carbocycles. The Kier molecular flexibility index (Phi) is 6.29. The van der Waals surface area contributed by atoms with Crippen molar-refractivity contribution in [2.45, 2.75) is 12.8 Å². The van der Waals surface area contributed by atoms with Crippen molar-refractivity contribution >= 4 is 39.1 Å². The van der Waals surface area contributed by atoms with Gasteiger partial charge in [0.05, 0.1) is 5.92 Å². The van der Waals surface area contributed by atoms with Crippen LogP contribution in [0.1, 0.15) is 12.0 Å². The van der Waals surface area contributed by atoms with Crippen LogP contribution in [0.5, 0.6) is 0 Å². The van der Waals surface area contributed by atoms with Crippen molar-refractivity contribution in [2.75, 3.05) is 16.8 Å². The second-order valence-corrected chi connectivity index (χ2v) is 8.52. The van der Waals surface area contributed by atoms with E-state index in [-0.39, 0.29) is 30.1 Å². The molecular weight excluding hydrogens is 440 g/mol. The number of halogens is 1. The first-order valence-corrected chi connectivity index (χ1v) is 10.9. The van der Waals surface area contributed by atoms with Gasteiger partial charge in [-0.25, -0.2) is 0 Å². The standard InChI is InChI=1S/C25H23BrN2O2/c26-20-11-13-21(14-12-20)27-24(29)16-23-19(15-18-7-3-1-4-8-18)17-28(25(23)30)22-9-5-2-6-10-22/h1-14,19,23H,15-17H2,(H,27,29)/t19-,23+/m0/s1. The molecule has 0 aliphatic carbocycles. The molecule has 5 heteroatoms. The highest BCUT2D eigenvalue weighted by Gasteiger charge is 2.41. The number of benzene rings is 3. The van der Waals surface area contributed by atoms with Gasteiger partial charge in [-0.15, -0.1) is 0 Å². The molecule has 3 aromatic carbocycles. The van der Waals surface area contributed by atoms with Crippen LogP contribution in [-0.4, -0.2) is 18.4 Å². The van der Waals surface area contributed by atoms with Crippen LogP contribution >= 0.6 is 15.9 Å². The number of amides is 2. The van der Waals surface area contributed by atoms with E-state index in [2.05, 4.69) is 33.4 Å². The first kappa shape index (κ1) is 20.4. The summed E-state index contributed by atoms with van der Waals surface area (Å²) in [5.41, 5.74) is 2.80. The number of nitrogens with one attached hydrogen (secondary N) is 1. The molecule has 4 nitrogen and oxygen atoms in total. The number of para-hydroxylation sites is 1. The van der Waals surface area contributed by atoms with Gasteiger partial charge in [0, 0.05) is 28.8 Å². The van der Waals surface area contributed by atoms with Crippen LogP contribution in [0.2, 0.25) is 0 Å². The van der Waals surface area contributed by atoms with Gasteiger partial charge in [-0.05, 0) is 54.3 Å². The highest BCUT2D eigenvalue weighted by atomic mass is 79.9. The molecule has 4 rings (SSSR count). The van der Waals surface area contributed by atoms with E-state index in [1.165, 1.54) is 5.56 Å². The summed E-state index contributed by atoms with van der Waals surface area (Å²) in [5.74, 6) is -0.381. The summed E-state index contributed by atoms with van der Waals surface area (Å²) in [4.78, 5) is 27.8. The van der Waals surface area contributed by atoms with Gasteiger partial charge in [0.2, 0.25) is 11.8 Å². The molecule has 1 N–H and O–H groups in total. The maximum Gasteiger partial charge on any atom is 0.230 e. The molecule has 1 heterocycles. The molecule has 0 aromatic heterocycles. The molecular formula is C25H23BrN2O2. The van der Waals surface area contributed by atoms with Crippen molar-refractivity contribution in [3.8, 4) is 0 Å². The van der Waals surface area contributed by atoms with Crippen LogP contribution in [0.15, 0.2) is 89.4 Å². The lowest BCUT2D eigenvalue weighted by Gasteiger charge is -2.16. The molecule has 2 amide bonds. The second kappa shape index (κ2) is 9.26. The van der Waals surface area contributed by atoms with Crippen molar-refractivity contribution < 1.29 is 9.59 Å². The third-order valence-corrected chi connectivity index (χ3v) is 6.04. The summed E-state index contributed by atoms with van der Waals surface area (Å²) in [7, 11) is 0. The van der Waals surface area contributed by atoms with Gasteiger partial charge < -0.3 is 10.2 Å². The summed E-state index contributed by atoms with van der Waals surface area (Å²) in [5, 5.41) is 2.93. The number of rotatable bonds is 6. The number of carbonyl (C=O) groups excluding carboxylic acids is 2. The zero-order valence-electron chi connectivity index (χ0n) is 16.5. The van der Waals surface area contributed by atoms with Crippen LogP contribution in [0.4, 0.5) is 11.4 Å². The number of nitrogens with zero attached hydrogens (tertiary/aromatic N) is 1. The predicted octanol–water partition coefficient (Wildman–Crippen LogP) is 5.30. The van der Waals surface area contributed by atoms with E-state index in [1.54, 1.807) is 0 Å². The molecule has 1 aliphatic heterocycles. The summed E-state index contributed by atoms with van der Waals surface area (Å²) in [6, 6.07) is 27.3. The van der Waals surface area contributed by atoms with Crippen LogP contribution in [0.25, 0.3) is 0 Å². The lowest BCUT2D eigenvalue weighted by molar-refractivity contribution is -0.125. The van der Waals surface area contributed by atoms with E-state index in [1.807, 2.05) is 77.7 Å². The van der Waals surface area contributed by atoms with Crippen LogP contribution in [-0.2, 0) is 16.0 Å². The summed E-state index contributed by atoms with van der Waals surface area (Å²) < 4.78 is 0.952. The van der Waals surface area contributed by atoms with Gasteiger partial charge in [-0.1, -0.05) is 64.5 Å². The minimum absolute atomic E-state index is 0.0214. The maximum absolute atomic E-state index is 13.3. The van der Waals surface area contributed by atoms with E-state index in [4.69, 9.17) is 0 Å². The zero-order chi connectivity index (χ0) is 20.9. The third kappa shape index (κ3) is 4.79. The molecule has 1 saturated heterocycles. The van der Waals surface area contributed by atoms with E-state index in [0.717, 1.165) is 22.3 Å². The van der Waals surface area contributed by atoms with Gasteiger partial charge in [-0.3, -0.25) is 9.59 Å². The fraction of sp³-hybridized carbons (Fsp3) is 0.200. The van der Waals surface area contributed by atoms with Crippen molar-refractivity contribution in [2.24, 2.45) is 11.8 Å². The SMILES string of the molecule is O=C(C[C@H]1C(=O)N(c2ccccc2)C[C@@H]1Cc1ccccc1)Nc1ccc(Br)cc1. The lowest BCUT2D eigenvalue weighted by atomic mass is 9.87. The quantitative estimate of drug-likeness (QED) is 0.540. The van der Waals surface area contributed by atoms with E-state index >= 15 is 0 Å². The molecule has 1 aliphatic rings. The predicted molar refractivity (Wildman–Crippen MR) is 123 cm³/mol. The lowest BCUT2D eigenvalue weighted by Crippen LogP contribution is -2.29.